The number of ketones is 1. The Morgan fingerprint density at radius 1 is 0.889 bits per heavy atom. The second-order valence-corrected chi connectivity index (χ2v) is 6.41. The quantitative estimate of drug-likeness (QED) is 0.441. The van der Waals surface area contributed by atoms with Gasteiger partial charge in [-0.3, -0.25) is 19.2 Å². The molecule has 27 heavy (non-hydrogen) atoms. The molecule has 0 unspecified atom stereocenters. The standard InChI is InChI=1S/C19H28N4O4/c1-12(24)11-21-19(27)16(10-15-8-6-5-7-9-15)23-18(26)14(3)22-17(25)13(2)20-4/h5-9,13-14,16,20H,10-11H2,1-4H3,(H,21,27)(H,22,25)(H,23,26)/t13-,14-,16-/m0/s1. The molecule has 148 valence electrons. The predicted molar refractivity (Wildman–Crippen MR) is 102 cm³/mol. The molecule has 0 aliphatic carbocycles. The maximum Gasteiger partial charge on any atom is 0.243 e. The zero-order valence-electron chi connectivity index (χ0n) is 16.2. The lowest BCUT2D eigenvalue weighted by atomic mass is 10.0. The first-order valence-electron chi connectivity index (χ1n) is 8.83. The van der Waals surface area contributed by atoms with E-state index in [2.05, 4.69) is 21.3 Å². The highest BCUT2D eigenvalue weighted by molar-refractivity contribution is 5.93. The Kier molecular flexibility index (Phi) is 9.15. The van der Waals surface area contributed by atoms with Gasteiger partial charge in [-0.15, -0.1) is 0 Å². The van der Waals surface area contributed by atoms with Crippen LogP contribution in [0.1, 0.15) is 26.3 Å². The summed E-state index contributed by atoms with van der Waals surface area (Å²) in [4.78, 5) is 47.9. The van der Waals surface area contributed by atoms with E-state index in [1.165, 1.54) is 6.92 Å². The fourth-order valence-electron chi connectivity index (χ4n) is 2.23. The minimum atomic E-state index is -0.861. The first-order valence-corrected chi connectivity index (χ1v) is 8.83. The molecular weight excluding hydrogens is 348 g/mol. The van der Waals surface area contributed by atoms with E-state index in [0.29, 0.717) is 0 Å². The molecule has 0 saturated heterocycles. The molecule has 0 aromatic heterocycles. The van der Waals surface area contributed by atoms with Gasteiger partial charge in [0.2, 0.25) is 17.7 Å². The van der Waals surface area contributed by atoms with Crippen LogP contribution in [0.4, 0.5) is 0 Å². The molecule has 1 rings (SSSR count). The smallest absolute Gasteiger partial charge is 0.243 e. The molecule has 0 radical (unpaired) electrons. The number of hydrogen-bond acceptors (Lipinski definition) is 5. The fourth-order valence-corrected chi connectivity index (χ4v) is 2.23. The highest BCUT2D eigenvalue weighted by Gasteiger charge is 2.25. The molecule has 0 spiro atoms. The highest BCUT2D eigenvalue weighted by atomic mass is 16.2. The number of carbonyl (C=O) groups excluding carboxylic acids is 4. The summed E-state index contributed by atoms with van der Waals surface area (Å²) in [5, 5.41) is 10.5. The Morgan fingerprint density at radius 3 is 2.04 bits per heavy atom. The van der Waals surface area contributed by atoms with Gasteiger partial charge in [0.1, 0.15) is 17.9 Å². The van der Waals surface area contributed by atoms with Crippen molar-refractivity contribution < 1.29 is 19.2 Å². The van der Waals surface area contributed by atoms with Crippen LogP contribution < -0.4 is 21.3 Å². The second kappa shape index (κ2) is 11.1. The third-order valence-corrected chi connectivity index (χ3v) is 4.01. The van der Waals surface area contributed by atoms with Crippen LogP contribution in [0.2, 0.25) is 0 Å². The van der Waals surface area contributed by atoms with Crippen molar-refractivity contribution in [1.29, 1.82) is 0 Å². The van der Waals surface area contributed by atoms with E-state index in [9.17, 15) is 19.2 Å². The van der Waals surface area contributed by atoms with E-state index in [0.717, 1.165) is 5.56 Å². The summed E-state index contributed by atoms with van der Waals surface area (Å²) in [6.07, 6.45) is 0.268. The number of likely N-dealkylation sites (N-methyl/N-ethyl adjacent to an activating group) is 1. The van der Waals surface area contributed by atoms with Crippen molar-refractivity contribution in [3.8, 4) is 0 Å². The highest BCUT2D eigenvalue weighted by Crippen LogP contribution is 2.04. The predicted octanol–water partition coefficient (Wildman–Crippen LogP) is -0.468. The van der Waals surface area contributed by atoms with Gasteiger partial charge in [-0.25, -0.2) is 0 Å². The van der Waals surface area contributed by atoms with Crippen molar-refractivity contribution in [3.05, 3.63) is 35.9 Å². The van der Waals surface area contributed by atoms with Gasteiger partial charge in [0.25, 0.3) is 0 Å². The summed E-state index contributed by atoms with van der Waals surface area (Å²) in [6.45, 7) is 4.48. The van der Waals surface area contributed by atoms with Crippen LogP contribution in [0.3, 0.4) is 0 Å². The first kappa shape index (κ1) is 22.3. The number of nitrogens with one attached hydrogen (secondary N) is 4. The molecule has 0 saturated carbocycles. The Morgan fingerprint density at radius 2 is 1.48 bits per heavy atom. The summed E-state index contributed by atoms with van der Waals surface area (Å²) in [5.74, 6) is -1.44. The van der Waals surface area contributed by atoms with Crippen molar-refractivity contribution in [2.75, 3.05) is 13.6 Å². The van der Waals surface area contributed by atoms with Crippen LogP contribution >= 0.6 is 0 Å². The van der Waals surface area contributed by atoms with Gasteiger partial charge < -0.3 is 21.3 Å². The normalized spacial score (nSPS) is 13.8. The fraction of sp³-hybridized carbons (Fsp3) is 0.474. The zero-order valence-corrected chi connectivity index (χ0v) is 16.2. The molecule has 8 nitrogen and oxygen atoms in total. The molecule has 0 aliphatic rings. The van der Waals surface area contributed by atoms with Crippen LogP contribution in [0, 0.1) is 0 Å². The van der Waals surface area contributed by atoms with Crippen LogP contribution in [-0.4, -0.2) is 55.2 Å². The number of carbonyl (C=O) groups is 4. The van der Waals surface area contributed by atoms with Gasteiger partial charge in [0, 0.05) is 6.42 Å². The van der Waals surface area contributed by atoms with Gasteiger partial charge in [-0.05, 0) is 33.4 Å². The average Bonchev–Trinajstić information content (AvgIpc) is 2.65. The van der Waals surface area contributed by atoms with Crippen LogP contribution in [-0.2, 0) is 25.6 Å². The Hall–Kier alpha value is -2.74. The second-order valence-electron chi connectivity index (χ2n) is 6.41. The molecule has 1 aromatic carbocycles. The molecule has 0 heterocycles. The Balaban J connectivity index is 2.79. The Bertz CT molecular complexity index is 663. The molecule has 3 amide bonds. The minimum Gasteiger partial charge on any atom is -0.347 e. The maximum absolute atomic E-state index is 12.4. The van der Waals surface area contributed by atoms with Crippen molar-refractivity contribution in [2.24, 2.45) is 0 Å². The van der Waals surface area contributed by atoms with E-state index in [4.69, 9.17) is 0 Å². The SMILES string of the molecule is CN[C@@H](C)C(=O)N[C@@H](C)C(=O)N[C@@H](Cc1ccccc1)C(=O)NCC(C)=O. The molecule has 4 N–H and O–H groups in total. The van der Waals surface area contributed by atoms with Gasteiger partial charge in [0.05, 0.1) is 12.6 Å². The van der Waals surface area contributed by atoms with E-state index >= 15 is 0 Å². The lowest BCUT2D eigenvalue weighted by molar-refractivity contribution is -0.132. The van der Waals surface area contributed by atoms with Gasteiger partial charge in [-0.2, -0.15) is 0 Å². The van der Waals surface area contributed by atoms with E-state index in [1.807, 2.05) is 30.3 Å². The zero-order chi connectivity index (χ0) is 20.4. The van der Waals surface area contributed by atoms with Crippen LogP contribution in [0.25, 0.3) is 0 Å². The monoisotopic (exact) mass is 376 g/mol. The average molecular weight is 376 g/mol. The number of rotatable bonds is 10. The Labute approximate surface area is 159 Å². The van der Waals surface area contributed by atoms with Crippen molar-refractivity contribution in [2.45, 2.75) is 45.3 Å². The summed E-state index contributed by atoms with van der Waals surface area (Å²) < 4.78 is 0. The molecule has 3 atom stereocenters. The summed E-state index contributed by atoms with van der Waals surface area (Å²) in [5.41, 5.74) is 0.862. The van der Waals surface area contributed by atoms with Crippen LogP contribution in [0.15, 0.2) is 30.3 Å². The molecular formula is C19H28N4O4. The van der Waals surface area contributed by atoms with Crippen molar-refractivity contribution >= 4 is 23.5 Å². The first-order chi connectivity index (χ1) is 12.7. The summed E-state index contributed by atoms with van der Waals surface area (Å²) in [7, 11) is 1.64. The summed E-state index contributed by atoms with van der Waals surface area (Å²) >= 11 is 0. The minimum absolute atomic E-state index is 0.105. The topological polar surface area (TPSA) is 116 Å². The van der Waals surface area contributed by atoms with Crippen molar-refractivity contribution in [3.63, 3.8) is 0 Å². The van der Waals surface area contributed by atoms with Gasteiger partial charge in [0.15, 0.2) is 0 Å². The number of benzene rings is 1. The molecule has 0 fully saturated rings. The molecule has 8 heteroatoms. The maximum atomic E-state index is 12.4. The van der Waals surface area contributed by atoms with Gasteiger partial charge >= 0.3 is 0 Å². The van der Waals surface area contributed by atoms with E-state index < -0.39 is 29.9 Å². The number of amides is 3. The lowest BCUT2D eigenvalue weighted by Crippen LogP contribution is -2.55. The largest absolute Gasteiger partial charge is 0.347 e. The van der Waals surface area contributed by atoms with Crippen LogP contribution in [0.5, 0.6) is 0 Å². The third-order valence-electron chi connectivity index (χ3n) is 4.01. The van der Waals surface area contributed by atoms with Crippen molar-refractivity contribution in [1.82, 2.24) is 21.3 Å². The van der Waals surface area contributed by atoms with Gasteiger partial charge in [-0.1, -0.05) is 30.3 Å². The molecule has 1 aromatic rings. The lowest BCUT2D eigenvalue weighted by Gasteiger charge is -2.22. The van der Waals surface area contributed by atoms with E-state index in [-0.39, 0.29) is 24.7 Å². The summed E-state index contributed by atoms with van der Waals surface area (Å²) in [6, 6.07) is 7.10. The molecule has 0 aliphatic heterocycles. The molecule has 0 bridgehead atoms. The number of Topliss-reactive ketones (excluding diaryl/α,β-unsaturated/α-hetero) is 1. The third kappa shape index (κ3) is 8.00. The number of hydrogen-bond donors (Lipinski definition) is 4. The van der Waals surface area contributed by atoms with E-state index in [1.54, 1.807) is 20.9 Å².